The van der Waals surface area contributed by atoms with Crippen molar-refractivity contribution in [2.45, 2.75) is 31.8 Å². The van der Waals surface area contributed by atoms with Crippen LogP contribution in [0.15, 0.2) is 34.9 Å². The van der Waals surface area contributed by atoms with Gasteiger partial charge in [0, 0.05) is 48.0 Å². The Morgan fingerprint density at radius 1 is 1.38 bits per heavy atom. The van der Waals surface area contributed by atoms with Crippen molar-refractivity contribution in [3.63, 3.8) is 0 Å². The maximum Gasteiger partial charge on any atom is 0.123 e. The molecule has 3 rings (SSSR count). The predicted molar refractivity (Wildman–Crippen MR) is 86.4 cm³/mol. The lowest BCUT2D eigenvalue weighted by atomic mass is 10.2. The molecule has 2 aromatic rings. The van der Waals surface area contributed by atoms with Crippen LogP contribution in [0.4, 0.5) is 0 Å². The molecule has 1 fully saturated rings. The molecule has 112 valence electrons. The summed E-state index contributed by atoms with van der Waals surface area (Å²) in [7, 11) is 1.96. The summed E-state index contributed by atoms with van der Waals surface area (Å²) < 4.78 is 8.95. The molecule has 0 radical (unpaired) electrons. The molecule has 0 aliphatic heterocycles. The van der Waals surface area contributed by atoms with Crippen molar-refractivity contribution >= 4 is 15.9 Å². The van der Waals surface area contributed by atoms with Crippen molar-refractivity contribution in [1.82, 2.24) is 15.1 Å². The minimum atomic E-state index is 0.664. The van der Waals surface area contributed by atoms with Gasteiger partial charge >= 0.3 is 0 Å². The molecule has 1 saturated carbocycles. The zero-order valence-electron chi connectivity index (χ0n) is 12.2. The summed E-state index contributed by atoms with van der Waals surface area (Å²) in [6.45, 7) is 1.53. The molecule has 0 bridgehead atoms. The summed E-state index contributed by atoms with van der Waals surface area (Å²) in [6.07, 6.45) is 5.28. The van der Waals surface area contributed by atoms with Crippen LogP contribution in [0.2, 0.25) is 0 Å². The number of benzene rings is 1. The highest BCUT2D eigenvalue weighted by Crippen LogP contribution is 2.25. The first-order chi connectivity index (χ1) is 10.2. The number of ether oxygens (including phenoxy) is 1. The van der Waals surface area contributed by atoms with Gasteiger partial charge in [-0.2, -0.15) is 5.10 Å². The second kappa shape index (κ2) is 6.62. The topological polar surface area (TPSA) is 39.1 Å². The van der Waals surface area contributed by atoms with Gasteiger partial charge in [-0.15, -0.1) is 0 Å². The van der Waals surface area contributed by atoms with E-state index in [9.17, 15) is 0 Å². The lowest BCUT2D eigenvalue weighted by Crippen LogP contribution is -2.16. The highest BCUT2D eigenvalue weighted by Gasteiger charge is 2.20. The Balaban J connectivity index is 1.59. The number of rotatable bonds is 7. The zero-order valence-corrected chi connectivity index (χ0v) is 13.8. The van der Waals surface area contributed by atoms with E-state index in [1.807, 2.05) is 36.1 Å². The fraction of sp³-hybridized carbons (Fsp3) is 0.438. The van der Waals surface area contributed by atoms with E-state index >= 15 is 0 Å². The molecule has 0 atom stereocenters. The molecule has 1 heterocycles. The van der Waals surface area contributed by atoms with Gasteiger partial charge in [0.15, 0.2) is 0 Å². The van der Waals surface area contributed by atoms with E-state index < -0.39 is 0 Å². The normalized spacial score (nSPS) is 14.4. The molecular formula is C16H20BrN3O. The summed E-state index contributed by atoms with van der Waals surface area (Å²) in [5.74, 6) is 0.966. The third kappa shape index (κ3) is 4.08. The molecule has 0 saturated heterocycles. The van der Waals surface area contributed by atoms with E-state index in [0.29, 0.717) is 12.6 Å². The van der Waals surface area contributed by atoms with E-state index in [1.165, 1.54) is 24.1 Å². The molecule has 1 aliphatic carbocycles. The van der Waals surface area contributed by atoms with Crippen LogP contribution in [0.3, 0.4) is 0 Å². The fourth-order valence-corrected chi connectivity index (χ4v) is 2.69. The quantitative estimate of drug-likeness (QED) is 0.834. The van der Waals surface area contributed by atoms with Gasteiger partial charge in [-0.3, -0.25) is 4.68 Å². The summed E-state index contributed by atoms with van der Waals surface area (Å²) >= 11 is 3.53. The number of aryl methyl sites for hydroxylation is 1. The first kappa shape index (κ1) is 14.6. The van der Waals surface area contributed by atoms with Crippen LogP contribution >= 0.6 is 15.9 Å². The van der Waals surface area contributed by atoms with Crippen LogP contribution in [0.5, 0.6) is 5.75 Å². The Bertz CT molecular complexity index is 607. The Hall–Kier alpha value is -1.33. The van der Waals surface area contributed by atoms with Gasteiger partial charge in [0.25, 0.3) is 0 Å². The number of halogens is 1. The van der Waals surface area contributed by atoms with Crippen molar-refractivity contribution in [1.29, 1.82) is 0 Å². The van der Waals surface area contributed by atoms with Crippen molar-refractivity contribution in [2.24, 2.45) is 7.05 Å². The SMILES string of the molecule is Cn1nccc1CCOc1ccc(Br)cc1CNC1CC1. The van der Waals surface area contributed by atoms with Crippen LogP contribution in [0.1, 0.15) is 24.1 Å². The fourth-order valence-electron chi connectivity index (χ4n) is 2.28. The van der Waals surface area contributed by atoms with E-state index in [1.54, 1.807) is 0 Å². The van der Waals surface area contributed by atoms with Gasteiger partial charge in [-0.1, -0.05) is 15.9 Å². The van der Waals surface area contributed by atoms with Gasteiger partial charge < -0.3 is 10.1 Å². The molecular weight excluding hydrogens is 330 g/mol. The van der Waals surface area contributed by atoms with Crippen molar-refractivity contribution in [3.8, 4) is 5.75 Å². The number of hydrogen-bond acceptors (Lipinski definition) is 3. The first-order valence-electron chi connectivity index (χ1n) is 7.34. The Morgan fingerprint density at radius 2 is 2.24 bits per heavy atom. The molecule has 1 aromatic heterocycles. The predicted octanol–water partition coefficient (Wildman–Crippen LogP) is 3.06. The summed E-state index contributed by atoms with van der Waals surface area (Å²) in [5.41, 5.74) is 2.39. The van der Waals surface area contributed by atoms with E-state index in [0.717, 1.165) is 23.2 Å². The van der Waals surface area contributed by atoms with Gasteiger partial charge in [0.2, 0.25) is 0 Å². The third-order valence-corrected chi connectivity index (χ3v) is 4.21. The van der Waals surface area contributed by atoms with Gasteiger partial charge in [-0.25, -0.2) is 0 Å². The monoisotopic (exact) mass is 349 g/mol. The van der Waals surface area contributed by atoms with E-state index in [4.69, 9.17) is 4.74 Å². The molecule has 1 aromatic carbocycles. The average Bonchev–Trinajstić information content (AvgIpc) is 3.21. The van der Waals surface area contributed by atoms with Crippen LogP contribution in [-0.2, 0) is 20.0 Å². The number of aromatic nitrogens is 2. The highest BCUT2D eigenvalue weighted by molar-refractivity contribution is 9.10. The minimum absolute atomic E-state index is 0.664. The van der Waals surface area contributed by atoms with Gasteiger partial charge in [-0.05, 0) is 37.1 Å². The number of hydrogen-bond donors (Lipinski definition) is 1. The molecule has 0 unspecified atom stereocenters. The molecule has 1 aliphatic rings. The zero-order chi connectivity index (χ0) is 14.7. The molecule has 0 spiro atoms. The van der Waals surface area contributed by atoms with Gasteiger partial charge in [0.1, 0.15) is 5.75 Å². The number of nitrogens with zero attached hydrogens (tertiary/aromatic N) is 2. The maximum atomic E-state index is 5.97. The molecule has 5 heteroatoms. The standard InChI is InChI=1S/C16H20BrN3O/c1-20-15(6-8-19-20)7-9-21-16-5-2-13(17)10-12(16)11-18-14-3-4-14/h2,5-6,8,10,14,18H,3-4,7,9,11H2,1H3. The molecule has 0 amide bonds. The summed E-state index contributed by atoms with van der Waals surface area (Å²) in [6, 6.07) is 8.93. The van der Waals surface area contributed by atoms with E-state index in [2.05, 4.69) is 32.4 Å². The van der Waals surface area contributed by atoms with Crippen LogP contribution in [0.25, 0.3) is 0 Å². The summed E-state index contributed by atoms with van der Waals surface area (Å²) in [4.78, 5) is 0. The lowest BCUT2D eigenvalue weighted by Gasteiger charge is -2.13. The van der Waals surface area contributed by atoms with Gasteiger partial charge in [0.05, 0.1) is 6.61 Å². The Morgan fingerprint density at radius 3 is 2.95 bits per heavy atom. The lowest BCUT2D eigenvalue weighted by molar-refractivity contribution is 0.314. The van der Waals surface area contributed by atoms with Crippen LogP contribution in [0, 0.1) is 0 Å². The molecule has 1 N–H and O–H groups in total. The largest absolute Gasteiger partial charge is 0.493 e. The maximum absolute atomic E-state index is 5.97. The molecule has 21 heavy (non-hydrogen) atoms. The first-order valence-corrected chi connectivity index (χ1v) is 8.13. The van der Waals surface area contributed by atoms with Crippen LogP contribution < -0.4 is 10.1 Å². The van der Waals surface area contributed by atoms with Crippen molar-refractivity contribution < 1.29 is 4.74 Å². The average molecular weight is 350 g/mol. The Labute approximate surface area is 133 Å². The van der Waals surface area contributed by atoms with E-state index in [-0.39, 0.29) is 0 Å². The third-order valence-electron chi connectivity index (χ3n) is 3.72. The van der Waals surface area contributed by atoms with Crippen molar-refractivity contribution in [3.05, 3.63) is 46.2 Å². The highest BCUT2D eigenvalue weighted by atomic mass is 79.9. The minimum Gasteiger partial charge on any atom is -0.493 e. The molecule has 4 nitrogen and oxygen atoms in total. The second-order valence-electron chi connectivity index (χ2n) is 5.45. The smallest absolute Gasteiger partial charge is 0.123 e. The van der Waals surface area contributed by atoms with Crippen LogP contribution in [-0.4, -0.2) is 22.4 Å². The number of nitrogens with one attached hydrogen (secondary N) is 1. The second-order valence-corrected chi connectivity index (χ2v) is 6.37. The Kier molecular flexibility index (Phi) is 4.60. The van der Waals surface area contributed by atoms with Crippen molar-refractivity contribution in [2.75, 3.05) is 6.61 Å². The summed E-state index contributed by atoms with van der Waals surface area (Å²) in [5, 5.41) is 7.71.